The zero-order valence-electron chi connectivity index (χ0n) is 8.99. The van der Waals surface area contributed by atoms with Crippen molar-refractivity contribution < 1.29 is 9.84 Å². The topological polar surface area (TPSA) is 55.5 Å². The number of ether oxygens (including phenoxy) is 1. The molecule has 1 aromatic rings. The van der Waals surface area contributed by atoms with Gasteiger partial charge in [0.15, 0.2) is 0 Å². The Hall–Kier alpha value is -1.06. The Bertz CT molecular complexity index is 363. The average molecular weight is 207 g/mol. The molecular weight excluding hydrogens is 190 g/mol. The fourth-order valence-corrected chi connectivity index (χ4v) is 2.28. The van der Waals surface area contributed by atoms with E-state index in [9.17, 15) is 5.11 Å². The van der Waals surface area contributed by atoms with Crippen LogP contribution in [0.4, 0.5) is 0 Å². The Morgan fingerprint density at radius 1 is 1.47 bits per heavy atom. The van der Waals surface area contributed by atoms with Gasteiger partial charge in [-0.2, -0.15) is 0 Å². The minimum atomic E-state index is -0.620. The second-order valence-electron chi connectivity index (χ2n) is 3.93. The van der Waals surface area contributed by atoms with Crippen molar-refractivity contribution in [1.29, 1.82) is 0 Å². The molecule has 1 aliphatic carbocycles. The lowest BCUT2D eigenvalue weighted by Gasteiger charge is -2.16. The van der Waals surface area contributed by atoms with Crippen LogP contribution in [-0.2, 0) is 12.8 Å². The summed E-state index contributed by atoms with van der Waals surface area (Å²) in [6.45, 7) is 0.231. The maximum atomic E-state index is 9.77. The molecule has 1 atom stereocenters. The summed E-state index contributed by atoms with van der Waals surface area (Å²) in [7, 11) is 1.65. The van der Waals surface area contributed by atoms with Crippen LogP contribution in [0.3, 0.4) is 0 Å². The number of methoxy groups -OCH3 is 1. The van der Waals surface area contributed by atoms with Crippen LogP contribution in [0.1, 0.15) is 29.2 Å². The van der Waals surface area contributed by atoms with Crippen molar-refractivity contribution in [1.82, 2.24) is 0 Å². The Balaban J connectivity index is 2.48. The first-order chi connectivity index (χ1) is 7.27. The van der Waals surface area contributed by atoms with Gasteiger partial charge in [-0.1, -0.05) is 12.1 Å². The highest BCUT2D eigenvalue weighted by Crippen LogP contribution is 2.36. The van der Waals surface area contributed by atoms with Gasteiger partial charge in [0.2, 0.25) is 0 Å². The van der Waals surface area contributed by atoms with Crippen LogP contribution in [0, 0.1) is 0 Å². The van der Waals surface area contributed by atoms with Crippen LogP contribution >= 0.6 is 0 Å². The second-order valence-corrected chi connectivity index (χ2v) is 3.93. The quantitative estimate of drug-likeness (QED) is 0.782. The minimum absolute atomic E-state index is 0.231. The van der Waals surface area contributed by atoms with Crippen LogP contribution in [0.5, 0.6) is 5.75 Å². The van der Waals surface area contributed by atoms with E-state index in [1.54, 1.807) is 7.11 Å². The predicted molar refractivity (Wildman–Crippen MR) is 59.0 cm³/mol. The third-order valence-corrected chi connectivity index (χ3v) is 3.05. The van der Waals surface area contributed by atoms with Gasteiger partial charge in [0.25, 0.3) is 0 Å². The molecule has 3 heteroatoms. The van der Waals surface area contributed by atoms with Gasteiger partial charge in [-0.25, -0.2) is 0 Å². The van der Waals surface area contributed by atoms with Gasteiger partial charge in [0.1, 0.15) is 5.75 Å². The number of aliphatic hydroxyl groups is 1. The predicted octanol–water partition coefficient (Wildman–Crippen LogP) is 1.18. The zero-order valence-corrected chi connectivity index (χ0v) is 8.99. The highest BCUT2D eigenvalue weighted by molar-refractivity contribution is 5.49. The lowest BCUT2D eigenvalue weighted by atomic mass is 10.0. The maximum Gasteiger partial charge on any atom is 0.128 e. The van der Waals surface area contributed by atoms with E-state index in [4.69, 9.17) is 10.5 Å². The van der Waals surface area contributed by atoms with Gasteiger partial charge in [-0.3, -0.25) is 0 Å². The van der Waals surface area contributed by atoms with Gasteiger partial charge < -0.3 is 15.6 Å². The van der Waals surface area contributed by atoms with Gasteiger partial charge in [0, 0.05) is 12.1 Å². The van der Waals surface area contributed by atoms with Crippen LogP contribution in [0.2, 0.25) is 0 Å². The molecule has 0 aromatic heterocycles. The van der Waals surface area contributed by atoms with E-state index in [1.807, 2.05) is 6.07 Å². The molecule has 3 N–H and O–H groups in total. The van der Waals surface area contributed by atoms with E-state index < -0.39 is 6.10 Å². The molecule has 1 aromatic carbocycles. The van der Waals surface area contributed by atoms with Gasteiger partial charge in [-0.15, -0.1) is 0 Å². The van der Waals surface area contributed by atoms with E-state index >= 15 is 0 Å². The molecule has 3 nitrogen and oxygen atoms in total. The standard InChI is InChI=1S/C12H17NO2/c1-15-12-9-4-2-3-8(9)5-6-10(12)11(14)7-13/h5-6,11,14H,2-4,7,13H2,1H3. The highest BCUT2D eigenvalue weighted by Gasteiger charge is 2.21. The highest BCUT2D eigenvalue weighted by atomic mass is 16.5. The Labute approximate surface area is 89.9 Å². The molecule has 0 spiro atoms. The number of hydrogen-bond donors (Lipinski definition) is 2. The summed E-state index contributed by atoms with van der Waals surface area (Å²) in [6.07, 6.45) is 2.72. The molecule has 1 aliphatic rings. The van der Waals surface area contributed by atoms with E-state index in [-0.39, 0.29) is 6.54 Å². The smallest absolute Gasteiger partial charge is 0.128 e. The molecule has 0 radical (unpaired) electrons. The van der Waals surface area contributed by atoms with Crippen molar-refractivity contribution in [2.75, 3.05) is 13.7 Å². The van der Waals surface area contributed by atoms with E-state index in [2.05, 4.69) is 6.07 Å². The number of benzene rings is 1. The molecule has 0 bridgehead atoms. The third-order valence-electron chi connectivity index (χ3n) is 3.05. The molecule has 0 fully saturated rings. The summed E-state index contributed by atoms with van der Waals surface area (Å²) >= 11 is 0. The fourth-order valence-electron chi connectivity index (χ4n) is 2.28. The van der Waals surface area contributed by atoms with Crippen molar-refractivity contribution in [2.24, 2.45) is 5.73 Å². The molecule has 1 unspecified atom stereocenters. The Morgan fingerprint density at radius 3 is 2.93 bits per heavy atom. The molecule has 0 amide bonds. The van der Waals surface area contributed by atoms with E-state index in [1.165, 1.54) is 17.5 Å². The number of rotatable bonds is 3. The first-order valence-electron chi connectivity index (χ1n) is 5.34. The Kier molecular flexibility index (Phi) is 2.93. The monoisotopic (exact) mass is 207 g/mol. The van der Waals surface area contributed by atoms with Crippen LogP contribution in [-0.4, -0.2) is 18.8 Å². The summed E-state index contributed by atoms with van der Waals surface area (Å²) in [5.74, 6) is 0.836. The van der Waals surface area contributed by atoms with Crippen LogP contribution < -0.4 is 10.5 Å². The molecule has 0 heterocycles. The second kappa shape index (κ2) is 4.21. The molecule has 0 saturated carbocycles. The third kappa shape index (κ3) is 1.73. The average Bonchev–Trinajstić information content (AvgIpc) is 2.74. The normalized spacial score (nSPS) is 16.2. The van der Waals surface area contributed by atoms with Crippen molar-refractivity contribution in [3.8, 4) is 5.75 Å². The SMILES string of the molecule is COc1c(C(O)CN)ccc2c1CCC2. The lowest BCUT2D eigenvalue weighted by molar-refractivity contribution is 0.182. The molecule has 0 aliphatic heterocycles. The number of aliphatic hydroxyl groups excluding tert-OH is 1. The van der Waals surface area contributed by atoms with Gasteiger partial charge in [-0.05, 0) is 30.4 Å². The number of fused-ring (bicyclic) bond motifs is 1. The molecule has 0 saturated heterocycles. The van der Waals surface area contributed by atoms with Crippen LogP contribution in [0.25, 0.3) is 0 Å². The number of hydrogen-bond acceptors (Lipinski definition) is 3. The van der Waals surface area contributed by atoms with E-state index in [0.29, 0.717) is 0 Å². The van der Waals surface area contributed by atoms with Gasteiger partial charge >= 0.3 is 0 Å². The van der Waals surface area contributed by atoms with Crippen LogP contribution in [0.15, 0.2) is 12.1 Å². The van der Waals surface area contributed by atoms with Crippen molar-refractivity contribution in [3.63, 3.8) is 0 Å². The lowest BCUT2D eigenvalue weighted by Crippen LogP contribution is -2.13. The number of nitrogens with two attached hydrogens (primary N) is 1. The summed E-state index contributed by atoms with van der Waals surface area (Å²) < 4.78 is 5.40. The summed E-state index contributed by atoms with van der Waals surface area (Å²) in [5, 5.41) is 9.77. The first kappa shape index (κ1) is 10.5. The van der Waals surface area contributed by atoms with Crippen molar-refractivity contribution >= 4 is 0 Å². The van der Waals surface area contributed by atoms with Gasteiger partial charge in [0.05, 0.1) is 13.2 Å². The Morgan fingerprint density at radius 2 is 2.27 bits per heavy atom. The maximum absolute atomic E-state index is 9.77. The van der Waals surface area contributed by atoms with Crippen molar-refractivity contribution in [3.05, 3.63) is 28.8 Å². The number of aryl methyl sites for hydroxylation is 1. The summed E-state index contributed by atoms with van der Waals surface area (Å²) in [4.78, 5) is 0. The molecule has 82 valence electrons. The molecule has 2 rings (SSSR count). The molecular formula is C12H17NO2. The largest absolute Gasteiger partial charge is 0.496 e. The summed E-state index contributed by atoms with van der Waals surface area (Å²) in [5.41, 5.74) is 8.89. The van der Waals surface area contributed by atoms with Crippen molar-refractivity contribution in [2.45, 2.75) is 25.4 Å². The minimum Gasteiger partial charge on any atom is -0.496 e. The summed E-state index contributed by atoms with van der Waals surface area (Å²) in [6, 6.07) is 4.01. The fraction of sp³-hybridized carbons (Fsp3) is 0.500. The first-order valence-corrected chi connectivity index (χ1v) is 5.34. The van der Waals surface area contributed by atoms with E-state index in [0.717, 1.165) is 24.2 Å². The zero-order chi connectivity index (χ0) is 10.8. The molecule has 15 heavy (non-hydrogen) atoms.